The smallest absolute Gasteiger partial charge is 0.319 e. The second-order valence-electron chi connectivity index (χ2n) is 16.0. The fourth-order valence-electron chi connectivity index (χ4n) is 9.51. The molecule has 60 heavy (non-hydrogen) atoms. The number of aryl methyl sites for hydroxylation is 2. The highest BCUT2D eigenvalue weighted by molar-refractivity contribution is 9.11. The average Bonchev–Trinajstić information content (AvgIpc) is 4.11. The third-order valence-corrected chi connectivity index (χ3v) is 13.6. The van der Waals surface area contributed by atoms with Crippen LogP contribution >= 0.6 is 31.9 Å². The lowest BCUT2D eigenvalue weighted by Crippen LogP contribution is -2.32. The van der Waals surface area contributed by atoms with Crippen molar-refractivity contribution in [3.8, 4) is 34.0 Å². The molecule has 2 amide bonds. The number of anilines is 2. The number of rotatable bonds is 13. The molecule has 4 aliphatic rings. The molecule has 4 aliphatic heterocycles. The van der Waals surface area contributed by atoms with Crippen molar-refractivity contribution in [1.29, 1.82) is 0 Å². The van der Waals surface area contributed by atoms with Gasteiger partial charge in [0.05, 0.1) is 32.7 Å². The first-order valence-electron chi connectivity index (χ1n) is 20.7. The van der Waals surface area contributed by atoms with Crippen molar-refractivity contribution >= 4 is 49.3 Å². The molecule has 16 heteroatoms. The van der Waals surface area contributed by atoms with E-state index in [1.54, 1.807) is 23.1 Å². The number of aromatic nitrogens is 4. The largest absolute Gasteiger partial charge is 0.492 e. The summed E-state index contributed by atoms with van der Waals surface area (Å²) in [7, 11) is 3.77. The standard InChI is InChI=1S/C26H28BrF2N5O2.C18H23BrN4O/c1-33-25(22(27)15-31-33)21-13-18(32-26(35)30-14-16-2-3-17(28)12-23(16)29)4-9-24(21)36-11-10-34-19-5-6-20(34)8-7-19;1-22-18(16(19)11-21-22)15-10-12(20)2-7-17(15)24-9-8-23-13-3-4-14(23)6-5-13/h2-4,9,12-13,15,19-20H,5-8,10-11,14H2,1H3,(H2,30,32,35);2,7,10-11,13-14H,3-6,8-9,20H2,1H3. The Kier molecular flexibility index (Phi) is 13.1. The molecule has 0 unspecified atom stereocenters. The lowest BCUT2D eigenvalue weighted by atomic mass is 10.0. The number of fused-ring (bicyclic) bond motifs is 4. The highest BCUT2D eigenvalue weighted by Gasteiger charge is 2.39. The predicted octanol–water partition coefficient (Wildman–Crippen LogP) is 8.89. The molecule has 0 radical (unpaired) electrons. The van der Waals surface area contributed by atoms with Crippen LogP contribution < -0.4 is 25.8 Å². The maximum atomic E-state index is 13.9. The molecule has 0 atom stereocenters. The van der Waals surface area contributed by atoms with Crippen LogP contribution in [0.1, 0.15) is 56.9 Å². The summed E-state index contributed by atoms with van der Waals surface area (Å²) in [6, 6.07) is 16.9. The first kappa shape index (κ1) is 42.2. The Morgan fingerprint density at radius 1 is 0.733 bits per heavy atom. The molecule has 0 spiro atoms. The summed E-state index contributed by atoms with van der Waals surface area (Å²) >= 11 is 7.13. The first-order chi connectivity index (χ1) is 29.0. The Hall–Kier alpha value is -4.51. The summed E-state index contributed by atoms with van der Waals surface area (Å²) in [4.78, 5) is 17.7. The number of benzene rings is 3. The summed E-state index contributed by atoms with van der Waals surface area (Å²) in [5.41, 5.74) is 11.0. The monoisotopic (exact) mass is 949 g/mol. The van der Waals surface area contributed by atoms with Gasteiger partial charge in [0, 0.05) is 92.0 Å². The van der Waals surface area contributed by atoms with E-state index in [1.165, 1.54) is 57.4 Å². The molecule has 3 aromatic carbocycles. The molecule has 4 fully saturated rings. The fraction of sp³-hybridized carbons (Fsp3) is 0.432. The minimum Gasteiger partial charge on any atom is -0.492 e. The number of hydrogen-bond acceptors (Lipinski definition) is 8. The average molecular weight is 952 g/mol. The molecule has 4 saturated heterocycles. The first-order valence-corrected chi connectivity index (χ1v) is 22.3. The third kappa shape index (κ3) is 9.36. The van der Waals surface area contributed by atoms with Crippen LogP contribution in [0.4, 0.5) is 25.0 Å². The molecule has 6 heterocycles. The number of nitrogens with one attached hydrogen (secondary N) is 2. The molecule has 2 aromatic heterocycles. The summed E-state index contributed by atoms with van der Waals surface area (Å²) in [5.74, 6) is 0.192. The maximum Gasteiger partial charge on any atom is 0.319 e. The van der Waals surface area contributed by atoms with E-state index in [-0.39, 0.29) is 12.1 Å². The van der Waals surface area contributed by atoms with Gasteiger partial charge in [0.1, 0.15) is 36.3 Å². The van der Waals surface area contributed by atoms with Crippen LogP contribution in [0.5, 0.6) is 11.5 Å². The Labute approximate surface area is 366 Å². The molecule has 4 N–H and O–H groups in total. The Morgan fingerprint density at radius 2 is 1.23 bits per heavy atom. The van der Waals surface area contributed by atoms with Gasteiger partial charge in [-0.25, -0.2) is 13.6 Å². The van der Waals surface area contributed by atoms with Crippen LogP contribution in [0.15, 0.2) is 75.9 Å². The Balaban J connectivity index is 0.000000180. The number of carbonyl (C=O) groups excluding carboxylic acids is 1. The van der Waals surface area contributed by atoms with E-state index >= 15 is 0 Å². The van der Waals surface area contributed by atoms with Crippen molar-refractivity contribution in [3.63, 3.8) is 0 Å². The second kappa shape index (κ2) is 18.6. The van der Waals surface area contributed by atoms with E-state index in [0.29, 0.717) is 36.7 Å². The zero-order valence-corrected chi connectivity index (χ0v) is 37.0. The number of halogens is 4. The fourth-order valence-corrected chi connectivity index (χ4v) is 10.6. The number of carbonyl (C=O) groups is 1. The molecule has 318 valence electrons. The SMILES string of the molecule is Cn1ncc(Br)c1-c1cc(N)ccc1OCCN1C2CCC1CC2.Cn1ncc(Br)c1-c1cc(NC(=O)NCc2ccc(F)cc2F)ccc1OCCN1C2CCC1CC2. The van der Waals surface area contributed by atoms with Crippen molar-refractivity contribution in [3.05, 3.63) is 93.1 Å². The van der Waals surface area contributed by atoms with Gasteiger partial charge in [0.25, 0.3) is 0 Å². The lowest BCUT2D eigenvalue weighted by Gasteiger charge is -2.22. The summed E-state index contributed by atoms with van der Waals surface area (Å²) in [5, 5.41) is 14.0. The van der Waals surface area contributed by atoms with Gasteiger partial charge in [0.2, 0.25) is 0 Å². The highest BCUT2D eigenvalue weighted by Crippen LogP contribution is 2.40. The van der Waals surface area contributed by atoms with Crippen LogP contribution in [-0.4, -0.2) is 85.9 Å². The molecule has 12 nitrogen and oxygen atoms in total. The number of nitrogen functional groups attached to an aromatic ring is 1. The van der Waals surface area contributed by atoms with Gasteiger partial charge in [-0.15, -0.1) is 0 Å². The molecule has 0 aliphatic carbocycles. The molecule has 9 rings (SSSR count). The number of amides is 2. The summed E-state index contributed by atoms with van der Waals surface area (Å²) in [6.07, 6.45) is 14.1. The highest BCUT2D eigenvalue weighted by atomic mass is 79.9. The Morgan fingerprint density at radius 3 is 1.72 bits per heavy atom. The third-order valence-electron chi connectivity index (χ3n) is 12.4. The molecule has 5 aromatic rings. The van der Waals surface area contributed by atoms with E-state index in [4.69, 9.17) is 15.2 Å². The zero-order chi connectivity index (χ0) is 41.9. The lowest BCUT2D eigenvalue weighted by molar-refractivity contribution is 0.194. The van der Waals surface area contributed by atoms with Crippen molar-refractivity contribution in [2.75, 3.05) is 37.4 Å². The predicted molar refractivity (Wildman–Crippen MR) is 236 cm³/mol. The number of ether oxygens (including phenoxy) is 2. The quantitative estimate of drug-likeness (QED) is 0.100. The number of hydrogen-bond donors (Lipinski definition) is 3. The van der Waals surface area contributed by atoms with Crippen LogP contribution in [0, 0.1) is 11.6 Å². The van der Waals surface area contributed by atoms with Crippen LogP contribution in [0.25, 0.3) is 22.5 Å². The van der Waals surface area contributed by atoms with E-state index in [1.807, 2.05) is 49.1 Å². The minimum atomic E-state index is -0.706. The topological polar surface area (TPSA) is 128 Å². The van der Waals surface area contributed by atoms with Crippen LogP contribution in [0.3, 0.4) is 0 Å². The zero-order valence-electron chi connectivity index (χ0n) is 33.8. The number of nitrogens with zero attached hydrogens (tertiary/aromatic N) is 6. The maximum absolute atomic E-state index is 13.9. The number of urea groups is 1. The molecule has 4 bridgehead atoms. The van der Waals surface area contributed by atoms with E-state index in [2.05, 4.69) is 62.5 Å². The van der Waals surface area contributed by atoms with E-state index in [0.717, 1.165) is 80.2 Å². The van der Waals surface area contributed by atoms with Gasteiger partial charge in [-0.3, -0.25) is 19.2 Å². The van der Waals surface area contributed by atoms with E-state index in [9.17, 15) is 13.6 Å². The van der Waals surface area contributed by atoms with E-state index < -0.39 is 17.7 Å². The van der Waals surface area contributed by atoms with Crippen molar-refractivity contribution in [1.82, 2.24) is 34.7 Å². The summed E-state index contributed by atoms with van der Waals surface area (Å²) < 4.78 is 44.7. The van der Waals surface area contributed by atoms with Crippen LogP contribution in [-0.2, 0) is 20.6 Å². The van der Waals surface area contributed by atoms with Crippen molar-refractivity contribution < 1.29 is 23.0 Å². The molecular formula is C44H51Br2F2N9O3. The molecular weight excluding hydrogens is 900 g/mol. The van der Waals surface area contributed by atoms with Gasteiger partial charge in [0.15, 0.2) is 0 Å². The minimum absolute atomic E-state index is 0.0717. The van der Waals surface area contributed by atoms with Gasteiger partial charge < -0.3 is 25.8 Å². The van der Waals surface area contributed by atoms with Crippen molar-refractivity contribution in [2.45, 2.75) is 82.1 Å². The molecule has 0 saturated carbocycles. The van der Waals surface area contributed by atoms with Gasteiger partial charge in [-0.2, -0.15) is 10.2 Å². The Bertz CT molecular complexity index is 2240. The van der Waals surface area contributed by atoms with Gasteiger partial charge in [-0.1, -0.05) is 6.07 Å². The second-order valence-corrected chi connectivity index (χ2v) is 17.7. The van der Waals surface area contributed by atoms with Crippen molar-refractivity contribution in [2.24, 2.45) is 14.1 Å². The van der Waals surface area contributed by atoms with Crippen LogP contribution in [0.2, 0.25) is 0 Å². The summed E-state index contributed by atoms with van der Waals surface area (Å²) in [6.45, 7) is 3.11. The van der Waals surface area contributed by atoms with Gasteiger partial charge >= 0.3 is 6.03 Å². The van der Waals surface area contributed by atoms with Gasteiger partial charge in [-0.05, 0) is 126 Å². The number of nitrogens with two attached hydrogens (primary N) is 1. The normalized spacial score (nSPS) is 20.6.